The average Bonchev–Trinajstić information content (AvgIpc) is 3.20. The summed E-state index contributed by atoms with van der Waals surface area (Å²) in [6, 6.07) is 13.7. The summed E-state index contributed by atoms with van der Waals surface area (Å²) in [5.74, 6) is 1.12. The molecule has 0 saturated carbocycles. The smallest absolute Gasteiger partial charge is 0.258 e. The average molecular weight is 446 g/mol. The van der Waals surface area contributed by atoms with Crippen LogP contribution in [-0.2, 0) is 17.6 Å². The number of amides is 1. The number of carbonyl (C=O) groups is 1. The zero-order valence-corrected chi connectivity index (χ0v) is 18.9. The number of primary amides is 1. The Bertz CT molecular complexity index is 1190. The monoisotopic (exact) mass is 445 g/mol. The molecule has 1 amide bonds. The lowest BCUT2D eigenvalue weighted by molar-refractivity contribution is -0.118. The van der Waals surface area contributed by atoms with E-state index in [4.69, 9.17) is 15.0 Å². The third kappa shape index (κ3) is 5.38. The molecule has 1 aliphatic heterocycles. The van der Waals surface area contributed by atoms with Crippen molar-refractivity contribution < 1.29 is 14.1 Å². The standard InChI is InChI=1S/C25H27N5O3/c1-16(2)32-22-6-5-20(14-21(22)15-26)25-28-24(29-33-25)19-4-3-17-7-10-30(12-9-23(27)31)11-8-18(17)13-19/h3-6,13-14,16H,7-12H2,1-2H3,(H2,27,31). The van der Waals surface area contributed by atoms with Gasteiger partial charge in [-0.3, -0.25) is 4.79 Å². The van der Waals surface area contributed by atoms with Gasteiger partial charge in [0, 0.05) is 37.2 Å². The first kappa shape index (κ1) is 22.5. The summed E-state index contributed by atoms with van der Waals surface area (Å²) in [4.78, 5) is 17.9. The van der Waals surface area contributed by atoms with Crippen LogP contribution in [0.3, 0.4) is 0 Å². The predicted octanol–water partition coefficient (Wildman–Crippen LogP) is 3.34. The van der Waals surface area contributed by atoms with Crippen molar-refractivity contribution in [1.82, 2.24) is 15.0 Å². The molecular formula is C25H27N5O3. The Morgan fingerprint density at radius 3 is 2.67 bits per heavy atom. The highest BCUT2D eigenvalue weighted by atomic mass is 16.5. The lowest BCUT2D eigenvalue weighted by Gasteiger charge is -2.18. The van der Waals surface area contributed by atoms with Crippen LogP contribution in [0.1, 0.15) is 37.0 Å². The quantitative estimate of drug-likeness (QED) is 0.592. The molecule has 0 fully saturated rings. The maximum absolute atomic E-state index is 11.1. The molecule has 8 heteroatoms. The molecule has 0 unspecified atom stereocenters. The molecular weight excluding hydrogens is 418 g/mol. The number of hydrogen-bond acceptors (Lipinski definition) is 7. The van der Waals surface area contributed by atoms with E-state index in [1.54, 1.807) is 12.1 Å². The van der Waals surface area contributed by atoms with Crippen LogP contribution in [0.2, 0.25) is 0 Å². The fourth-order valence-corrected chi connectivity index (χ4v) is 3.97. The van der Waals surface area contributed by atoms with Crippen molar-refractivity contribution in [2.24, 2.45) is 5.73 Å². The molecule has 4 rings (SSSR count). The molecule has 0 saturated heterocycles. The zero-order chi connectivity index (χ0) is 23.4. The van der Waals surface area contributed by atoms with E-state index in [0.29, 0.717) is 41.6 Å². The summed E-state index contributed by atoms with van der Waals surface area (Å²) >= 11 is 0. The van der Waals surface area contributed by atoms with Crippen LogP contribution in [0, 0.1) is 11.3 Å². The number of nitriles is 1. The number of carbonyl (C=O) groups excluding carboxylic acids is 1. The number of benzene rings is 2. The summed E-state index contributed by atoms with van der Waals surface area (Å²) in [5.41, 5.74) is 9.81. The molecule has 1 aromatic heterocycles. The lowest BCUT2D eigenvalue weighted by Crippen LogP contribution is -2.30. The molecule has 8 nitrogen and oxygen atoms in total. The van der Waals surface area contributed by atoms with Gasteiger partial charge < -0.3 is 19.9 Å². The van der Waals surface area contributed by atoms with E-state index in [-0.39, 0.29) is 12.0 Å². The Balaban J connectivity index is 1.52. The molecule has 0 aliphatic carbocycles. The second kappa shape index (κ2) is 9.84. The Kier molecular flexibility index (Phi) is 6.71. The van der Waals surface area contributed by atoms with Gasteiger partial charge in [0.1, 0.15) is 11.8 Å². The van der Waals surface area contributed by atoms with Gasteiger partial charge in [0.15, 0.2) is 0 Å². The second-order valence-corrected chi connectivity index (χ2v) is 8.45. The summed E-state index contributed by atoms with van der Waals surface area (Å²) in [6.45, 7) is 6.31. The molecule has 0 bridgehead atoms. The summed E-state index contributed by atoms with van der Waals surface area (Å²) in [6.07, 6.45) is 2.16. The maximum atomic E-state index is 11.1. The van der Waals surface area contributed by atoms with Crippen molar-refractivity contribution in [2.75, 3.05) is 19.6 Å². The van der Waals surface area contributed by atoms with Gasteiger partial charge >= 0.3 is 0 Å². The minimum atomic E-state index is -0.268. The second-order valence-electron chi connectivity index (χ2n) is 8.45. The van der Waals surface area contributed by atoms with Gasteiger partial charge in [-0.1, -0.05) is 17.3 Å². The van der Waals surface area contributed by atoms with Crippen LogP contribution < -0.4 is 10.5 Å². The normalized spacial score (nSPS) is 13.9. The number of aromatic nitrogens is 2. The first-order valence-corrected chi connectivity index (χ1v) is 11.1. The van der Waals surface area contributed by atoms with Crippen molar-refractivity contribution in [3.05, 3.63) is 53.1 Å². The predicted molar refractivity (Wildman–Crippen MR) is 123 cm³/mol. The number of fused-ring (bicyclic) bond motifs is 1. The molecule has 33 heavy (non-hydrogen) atoms. The van der Waals surface area contributed by atoms with Crippen molar-refractivity contribution >= 4 is 5.91 Å². The number of nitrogens with two attached hydrogens (primary N) is 1. The maximum Gasteiger partial charge on any atom is 0.258 e. The summed E-state index contributed by atoms with van der Waals surface area (Å²) in [7, 11) is 0. The van der Waals surface area contributed by atoms with Crippen molar-refractivity contribution in [1.29, 1.82) is 5.26 Å². The molecule has 3 aromatic rings. The van der Waals surface area contributed by atoms with Crippen LogP contribution in [-0.4, -0.2) is 46.7 Å². The van der Waals surface area contributed by atoms with Gasteiger partial charge in [-0.2, -0.15) is 10.2 Å². The summed E-state index contributed by atoms with van der Waals surface area (Å²) < 4.78 is 11.2. The molecule has 2 heterocycles. The van der Waals surface area contributed by atoms with Gasteiger partial charge in [0.2, 0.25) is 11.7 Å². The Labute approximate surface area is 193 Å². The van der Waals surface area contributed by atoms with Gasteiger partial charge in [-0.25, -0.2) is 0 Å². The van der Waals surface area contributed by atoms with Crippen molar-refractivity contribution in [3.63, 3.8) is 0 Å². The van der Waals surface area contributed by atoms with E-state index in [0.717, 1.165) is 31.5 Å². The number of ether oxygens (including phenoxy) is 1. The topological polar surface area (TPSA) is 118 Å². The van der Waals surface area contributed by atoms with E-state index >= 15 is 0 Å². The van der Waals surface area contributed by atoms with E-state index in [1.165, 1.54) is 11.1 Å². The summed E-state index contributed by atoms with van der Waals surface area (Å²) in [5, 5.41) is 13.6. The molecule has 0 spiro atoms. The van der Waals surface area contributed by atoms with Gasteiger partial charge in [-0.15, -0.1) is 0 Å². The van der Waals surface area contributed by atoms with Crippen LogP contribution in [0.25, 0.3) is 22.8 Å². The highest BCUT2D eigenvalue weighted by molar-refractivity contribution is 5.73. The minimum Gasteiger partial charge on any atom is -0.490 e. The Hall–Kier alpha value is -3.70. The van der Waals surface area contributed by atoms with Gasteiger partial charge in [0.05, 0.1) is 11.7 Å². The van der Waals surface area contributed by atoms with Crippen LogP contribution in [0.15, 0.2) is 40.9 Å². The van der Waals surface area contributed by atoms with Crippen LogP contribution in [0.4, 0.5) is 0 Å². The fraction of sp³-hybridized carbons (Fsp3) is 0.360. The number of rotatable bonds is 7. The SMILES string of the molecule is CC(C)Oc1ccc(-c2nc(-c3ccc4c(c3)CCN(CCC(N)=O)CC4)no2)cc1C#N. The number of nitrogens with zero attached hydrogens (tertiary/aromatic N) is 4. The molecule has 1 aliphatic rings. The first-order valence-electron chi connectivity index (χ1n) is 11.1. The van der Waals surface area contributed by atoms with E-state index in [1.807, 2.05) is 26.0 Å². The molecule has 170 valence electrons. The largest absolute Gasteiger partial charge is 0.490 e. The van der Waals surface area contributed by atoms with Crippen molar-refractivity contribution in [2.45, 2.75) is 39.2 Å². The Morgan fingerprint density at radius 1 is 1.18 bits per heavy atom. The van der Waals surface area contributed by atoms with E-state index in [9.17, 15) is 10.1 Å². The number of hydrogen-bond donors (Lipinski definition) is 1. The lowest BCUT2D eigenvalue weighted by atomic mass is 10.00. The van der Waals surface area contributed by atoms with E-state index < -0.39 is 0 Å². The highest BCUT2D eigenvalue weighted by Crippen LogP contribution is 2.29. The van der Waals surface area contributed by atoms with Crippen molar-refractivity contribution in [3.8, 4) is 34.7 Å². The third-order valence-electron chi connectivity index (χ3n) is 5.67. The Morgan fingerprint density at radius 2 is 1.94 bits per heavy atom. The third-order valence-corrected chi connectivity index (χ3v) is 5.67. The van der Waals surface area contributed by atoms with E-state index in [2.05, 4.69) is 33.2 Å². The van der Waals surface area contributed by atoms with Crippen LogP contribution in [0.5, 0.6) is 5.75 Å². The minimum absolute atomic E-state index is 0.0265. The van der Waals surface area contributed by atoms with Gasteiger partial charge in [0.25, 0.3) is 5.89 Å². The molecule has 2 aromatic carbocycles. The molecule has 0 radical (unpaired) electrons. The zero-order valence-electron chi connectivity index (χ0n) is 18.9. The van der Waals surface area contributed by atoms with Gasteiger partial charge in [-0.05, 0) is 62.1 Å². The highest BCUT2D eigenvalue weighted by Gasteiger charge is 2.18. The van der Waals surface area contributed by atoms with Crippen LogP contribution >= 0.6 is 0 Å². The fourth-order valence-electron chi connectivity index (χ4n) is 3.97. The molecule has 2 N–H and O–H groups in total. The first-order chi connectivity index (χ1) is 15.9. The molecule has 0 atom stereocenters.